The molecular formula is C23H29N3O3S. The number of nitrogens with zero attached hydrogens (tertiary/aromatic N) is 1. The van der Waals surface area contributed by atoms with E-state index in [9.17, 15) is 9.59 Å². The molecule has 30 heavy (non-hydrogen) atoms. The summed E-state index contributed by atoms with van der Waals surface area (Å²) in [5, 5.41) is 5.99. The van der Waals surface area contributed by atoms with Crippen molar-refractivity contribution in [2.45, 2.75) is 31.2 Å². The predicted octanol–water partition coefficient (Wildman–Crippen LogP) is 4.37. The molecule has 6 nitrogen and oxygen atoms in total. The summed E-state index contributed by atoms with van der Waals surface area (Å²) in [6.45, 7) is 3.40. The van der Waals surface area contributed by atoms with Crippen LogP contribution in [0.15, 0.2) is 53.4 Å². The van der Waals surface area contributed by atoms with Crippen molar-refractivity contribution < 1.29 is 14.3 Å². The normalized spacial score (nSPS) is 18.6. The summed E-state index contributed by atoms with van der Waals surface area (Å²) in [6.07, 6.45) is 3.55. The molecular weight excluding hydrogens is 398 g/mol. The molecule has 1 unspecified atom stereocenters. The zero-order chi connectivity index (χ0) is 21.6. The van der Waals surface area contributed by atoms with Gasteiger partial charge in [0.25, 0.3) is 0 Å². The standard InChI is InChI=1S/C23H29N3O3S/c1-23(21(27)24-15-17-7-4-9-19(13-17)29-2)11-6-12-26(16-23)22(28)25-18-8-5-10-20(14-18)30-3/h4-5,7-10,13-14H,6,11-12,15-16H2,1-3H3,(H,24,27)(H,25,28). The number of anilines is 1. The Labute approximate surface area is 182 Å². The first-order chi connectivity index (χ1) is 14.4. The smallest absolute Gasteiger partial charge is 0.321 e. The fourth-order valence-corrected chi connectivity index (χ4v) is 4.14. The molecule has 1 atom stereocenters. The molecule has 1 aliphatic heterocycles. The van der Waals surface area contributed by atoms with Gasteiger partial charge in [0.15, 0.2) is 0 Å². The van der Waals surface area contributed by atoms with E-state index in [0.29, 0.717) is 19.6 Å². The molecule has 2 N–H and O–H groups in total. The van der Waals surface area contributed by atoms with Gasteiger partial charge in [0, 0.05) is 30.2 Å². The Hall–Kier alpha value is -2.67. The summed E-state index contributed by atoms with van der Waals surface area (Å²) >= 11 is 1.63. The van der Waals surface area contributed by atoms with E-state index >= 15 is 0 Å². The van der Waals surface area contributed by atoms with Crippen LogP contribution in [-0.2, 0) is 11.3 Å². The molecule has 0 aliphatic carbocycles. The molecule has 0 spiro atoms. The molecule has 3 rings (SSSR count). The van der Waals surface area contributed by atoms with Crippen molar-refractivity contribution >= 4 is 29.4 Å². The average Bonchev–Trinajstić information content (AvgIpc) is 2.77. The van der Waals surface area contributed by atoms with Gasteiger partial charge in [0.05, 0.1) is 12.5 Å². The Morgan fingerprint density at radius 1 is 1.20 bits per heavy atom. The summed E-state index contributed by atoms with van der Waals surface area (Å²) in [7, 11) is 1.62. The number of methoxy groups -OCH3 is 1. The lowest BCUT2D eigenvalue weighted by atomic mass is 9.81. The molecule has 2 aromatic carbocycles. The topological polar surface area (TPSA) is 70.7 Å². The lowest BCUT2D eigenvalue weighted by Crippen LogP contribution is -2.52. The lowest BCUT2D eigenvalue weighted by molar-refractivity contribution is -0.132. The van der Waals surface area contributed by atoms with Crippen LogP contribution in [-0.4, -0.2) is 43.3 Å². The molecule has 0 saturated carbocycles. The van der Waals surface area contributed by atoms with Gasteiger partial charge in [-0.2, -0.15) is 0 Å². The molecule has 1 heterocycles. The average molecular weight is 428 g/mol. The van der Waals surface area contributed by atoms with E-state index < -0.39 is 5.41 Å². The van der Waals surface area contributed by atoms with Crippen LogP contribution >= 0.6 is 11.8 Å². The Balaban J connectivity index is 1.59. The third-order valence-corrected chi connectivity index (χ3v) is 6.17. The molecule has 1 saturated heterocycles. The molecule has 0 bridgehead atoms. The van der Waals surface area contributed by atoms with Crippen LogP contribution in [0.3, 0.4) is 0 Å². The third-order valence-electron chi connectivity index (χ3n) is 5.44. The number of carbonyl (C=O) groups is 2. The number of nitrogens with one attached hydrogen (secondary N) is 2. The number of piperidine rings is 1. The van der Waals surface area contributed by atoms with Gasteiger partial charge in [-0.1, -0.05) is 18.2 Å². The summed E-state index contributed by atoms with van der Waals surface area (Å²) in [4.78, 5) is 28.6. The number of urea groups is 1. The minimum Gasteiger partial charge on any atom is -0.497 e. The van der Waals surface area contributed by atoms with Gasteiger partial charge in [-0.05, 0) is 61.9 Å². The highest BCUT2D eigenvalue weighted by Crippen LogP contribution is 2.30. The number of hydrogen-bond acceptors (Lipinski definition) is 4. The maximum absolute atomic E-state index is 13.0. The zero-order valence-electron chi connectivity index (χ0n) is 17.7. The number of hydrogen-bond donors (Lipinski definition) is 2. The van der Waals surface area contributed by atoms with Crippen molar-refractivity contribution in [3.8, 4) is 5.75 Å². The van der Waals surface area contributed by atoms with Crippen LogP contribution in [0.1, 0.15) is 25.3 Å². The maximum Gasteiger partial charge on any atom is 0.321 e. The highest BCUT2D eigenvalue weighted by Gasteiger charge is 2.39. The third kappa shape index (κ3) is 5.48. The van der Waals surface area contributed by atoms with Crippen molar-refractivity contribution in [3.05, 3.63) is 54.1 Å². The Kier molecular flexibility index (Phi) is 7.26. The first-order valence-corrected chi connectivity index (χ1v) is 11.3. The number of carbonyl (C=O) groups excluding carboxylic acids is 2. The van der Waals surface area contributed by atoms with E-state index in [1.807, 2.05) is 61.7 Å². The van der Waals surface area contributed by atoms with Crippen LogP contribution in [0.25, 0.3) is 0 Å². The molecule has 1 aliphatic rings. The van der Waals surface area contributed by atoms with Gasteiger partial charge < -0.3 is 20.3 Å². The number of likely N-dealkylation sites (tertiary alicyclic amines) is 1. The number of amides is 3. The van der Waals surface area contributed by atoms with Crippen molar-refractivity contribution in [2.24, 2.45) is 5.41 Å². The summed E-state index contributed by atoms with van der Waals surface area (Å²) in [6, 6.07) is 15.2. The summed E-state index contributed by atoms with van der Waals surface area (Å²) < 4.78 is 5.24. The zero-order valence-corrected chi connectivity index (χ0v) is 18.6. The second-order valence-electron chi connectivity index (χ2n) is 7.78. The fraction of sp³-hybridized carbons (Fsp3) is 0.391. The molecule has 160 valence electrons. The van der Waals surface area contributed by atoms with Gasteiger partial charge in [-0.25, -0.2) is 4.79 Å². The van der Waals surface area contributed by atoms with E-state index in [2.05, 4.69) is 10.6 Å². The van der Waals surface area contributed by atoms with Crippen LogP contribution in [0.5, 0.6) is 5.75 Å². The molecule has 1 fully saturated rings. The van der Waals surface area contributed by atoms with E-state index in [0.717, 1.165) is 34.7 Å². The largest absolute Gasteiger partial charge is 0.497 e. The molecule has 2 aromatic rings. The second kappa shape index (κ2) is 9.89. The number of ether oxygens (including phenoxy) is 1. The van der Waals surface area contributed by atoms with E-state index in [-0.39, 0.29) is 11.9 Å². The molecule has 3 amide bonds. The van der Waals surface area contributed by atoms with Gasteiger partial charge >= 0.3 is 6.03 Å². The van der Waals surface area contributed by atoms with Crippen molar-refractivity contribution in [3.63, 3.8) is 0 Å². The second-order valence-corrected chi connectivity index (χ2v) is 8.66. The van der Waals surface area contributed by atoms with Crippen LogP contribution in [0.4, 0.5) is 10.5 Å². The molecule has 7 heteroatoms. The lowest BCUT2D eigenvalue weighted by Gasteiger charge is -2.39. The maximum atomic E-state index is 13.0. The molecule has 0 radical (unpaired) electrons. The minimum absolute atomic E-state index is 0.0350. The number of benzene rings is 2. The van der Waals surface area contributed by atoms with Crippen LogP contribution in [0.2, 0.25) is 0 Å². The highest BCUT2D eigenvalue weighted by atomic mass is 32.2. The van der Waals surface area contributed by atoms with E-state index in [1.165, 1.54) is 0 Å². The first kappa shape index (κ1) is 22.0. The van der Waals surface area contributed by atoms with Crippen molar-refractivity contribution in [2.75, 3.05) is 31.8 Å². The highest BCUT2D eigenvalue weighted by molar-refractivity contribution is 7.98. The first-order valence-electron chi connectivity index (χ1n) is 10.0. The SMILES string of the molecule is COc1cccc(CNC(=O)C2(C)CCCN(C(=O)Nc3cccc(SC)c3)C2)c1. The van der Waals surface area contributed by atoms with Gasteiger partial charge in [0.1, 0.15) is 5.75 Å². The van der Waals surface area contributed by atoms with Gasteiger partial charge in [0.2, 0.25) is 5.91 Å². The predicted molar refractivity (Wildman–Crippen MR) is 121 cm³/mol. The monoisotopic (exact) mass is 427 g/mol. The minimum atomic E-state index is -0.616. The number of rotatable bonds is 6. The Morgan fingerprint density at radius 3 is 2.77 bits per heavy atom. The number of thioether (sulfide) groups is 1. The van der Waals surface area contributed by atoms with E-state index in [4.69, 9.17) is 4.74 Å². The van der Waals surface area contributed by atoms with E-state index in [1.54, 1.807) is 23.8 Å². The fourth-order valence-electron chi connectivity index (χ4n) is 3.68. The molecule has 0 aromatic heterocycles. The summed E-state index contributed by atoms with van der Waals surface area (Å²) in [5.74, 6) is 0.728. The van der Waals surface area contributed by atoms with Crippen molar-refractivity contribution in [1.29, 1.82) is 0 Å². The van der Waals surface area contributed by atoms with Gasteiger partial charge in [-0.3, -0.25) is 4.79 Å². The summed E-state index contributed by atoms with van der Waals surface area (Å²) in [5.41, 5.74) is 1.13. The Bertz CT molecular complexity index is 905. The van der Waals surface area contributed by atoms with Crippen molar-refractivity contribution in [1.82, 2.24) is 10.2 Å². The van der Waals surface area contributed by atoms with Crippen LogP contribution < -0.4 is 15.4 Å². The Morgan fingerprint density at radius 2 is 2.00 bits per heavy atom. The van der Waals surface area contributed by atoms with Crippen LogP contribution in [0, 0.1) is 5.41 Å². The van der Waals surface area contributed by atoms with Gasteiger partial charge in [-0.15, -0.1) is 11.8 Å². The quantitative estimate of drug-likeness (QED) is 0.672.